The molecule has 0 radical (unpaired) electrons. The number of carbonyl (C=O) groups excluding carboxylic acids is 1. The number of fused-ring (bicyclic) bond motifs is 4. The van der Waals surface area contributed by atoms with Gasteiger partial charge in [-0.05, 0) is 54.9 Å². The number of aromatic nitrogens is 1. The molecule has 138 valence electrons. The standard InChI is InChI=1S/C21H26N2O3/c1-3-13-8-12-9-17-19(13)22(11-12)7-6-15-16-10-14(24)4-5-18(16)23(20(15)17)21(25)26-2/h4-5,10,12-13,17,19,24H,3,6-9,11H2,1-2H3/t12?,13?,17-,19?/m1/s1. The number of aromatic hydroxyl groups is 1. The third-order valence-corrected chi connectivity index (χ3v) is 7.01. The van der Waals surface area contributed by atoms with Crippen molar-refractivity contribution >= 4 is 17.0 Å². The highest BCUT2D eigenvalue weighted by Gasteiger charge is 2.49. The van der Waals surface area contributed by atoms with Gasteiger partial charge in [-0.15, -0.1) is 0 Å². The lowest BCUT2D eigenvalue weighted by molar-refractivity contribution is -0.0140. The zero-order valence-electron chi connectivity index (χ0n) is 15.4. The Labute approximate surface area is 153 Å². The minimum Gasteiger partial charge on any atom is -0.508 e. The molecule has 1 aromatic carbocycles. The SMILES string of the molecule is CCC1CC2C[C@H]3c4c(c5cc(O)ccc5n4C(=O)OC)CCN(C2)C13. The predicted molar refractivity (Wildman–Crippen MR) is 99.7 cm³/mol. The summed E-state index contributed by atoms with van der Waals surface area (Å²) in [5.74, 6) is 2.05. The third-order valence-electron chi connectivity index (χ3n) is 7.01. The molecule has 0 amide bonds. The van der Waals surface area contributed by atoms with E-state index in [9.17, 15) is 9.90 Å². The number of hydrogen-bond acceptors (Lipinski definition) is 4. The number of ether oxygens (including phenoxy) is 1. The smallest absolute Gasteiger partial charge is 0.418 e. The van der Waals surface area contributed by atoms with E-state index in [0.29, 0.717) is 17.9 Å². The van der Waals surface area contributed by atoms with E-state index in [4.69, 9.17) is 4.74 Å². The van der Waals surface area contributed by atoms with Crippen LogP contribution in [0.3, 0.4) is 0 Å². The van der Waals surface area contributed by atoms with E-state index < -0.39 is 0 Å². The van der Waals surface area contributed by atoms with Crippen molar-refractivity contribution in [3.8, 4) is 5.75 Å². The molecule has 1 aliphatic carbocycles. The highest BCUT2D eigenvalue weighted by molar-refractivity contribution is 5.95. The summed E-state index contributed by atoms with van der Waals surface area (Å²) < 4.78 is 6.96. The zero-order chi connectivity index (χ0) is 18.0. The van der Waals surface area contributed by atoms with Gasteiger partial charge in [-0.3, -0.25) is 4.90 Å². The van der Waals surface area contributed by atoms with Crippen molar-refractivity contribution in [2.24, 2.45) is 11.8 Å². The van der Waals surface area contributed by atoms with Crippen molar-refractivity contribution in [1.82, 2.24) is 9.47 Å². The van der Waals surface area contributed by atoms with Gasteiger partial charge in [0, 0.05) is 36.1 Å². The van der Waals surface area contributed by atoms with E-state index in [0.717, 1.165) is 41.9 Å². The lowest BCUT2D eigenvalue weighted by atomic mass is 9.65. The van der Waals surface area contributed by atoms with Crippen LogP contribution in [-0.2, 0) is 11.2 Å². The normalized spacial score (nSPS) is 32.3. The van der Waals surface area contributed by atoms with Crippen molar-refractivity contribution in [2.75, 3.05) is 20.2 Å². The van der Waals surface area contributed by atoms with Gasteiger partial charge in [0.25, 0.3) is 0 Å². The first kappa shape index (κ1) is 16.2. The second-order valence-electron chi connectivity index (χ2n) is 8.22. The molecule has 4 unspecified atom stereocenters. The molecule has 3 aliphatic heterocycles. The second kappa shape index (κ2) is 5.74. The summed E-state index contributed by atoms with van der Waals surface area (Å²) in [5, 5.41) is 11.0. The quantitative estimate of drug-likeness (QED) is 0.848. The molecule has 2 saturated heterocycles. The molecule has 1 N–H and O–H groups in total. The number of phenolic OH excluding ortho intramolecular Hbond substituents is 1. The highest BCUT2D eigenvalue weighted by Crippen LogP contribution is 2.52. The molecule has 26 heavy (non-hydrogen) atoms. The minimum absolute atomic E-state index is 0.253. The first-order valence-electron chi connectivity index (χ1n) is 9.81. The van der Waals surface area contributed by atoms with Crippen LogP contribution >= 0.6 is 0 Å². The Hall–Kier alpha value is -2.01. The van der Waals surface area contributed by atoms with Crippen LogP contribution in [0, 0.1) is 11.8 Å². The number of hydrogen-bond donors (Lipinski definition) is 1. The Balaban J connectivity index is 1.78. The Kier molecular flexibility index (Phi) is 3.58. The van der Waals surface area contributed by atoms with E-state index in [1.807, 2.05) is 12.1 Å². The summed E-state index contributed by atoms with van der Waals surface area (Å²) in [6.45, 7) is 4.54. The van der Waals surface area contributed by atoms with Crippen molar-refractivity contribution in [2.45, 2.75) is 44.6 Å². The van der Waals surface area contributed by atoms with Crippen LogP contribution in [0.25, 0.3) is 10.9 Å². The highest BCUT2D eigenvalue weighted by atomic mass is 16.5. The second-order valence-corrected chi connectivity index (χ2v) is 8.22. The Morgan fingerprint density at radius 2 is 2.19 bits per heavy atom. The van der Waals surface area contributed by atoms with Gasteiger partial charge in [-0.25, -0.2) is 9.36 Å². The predicted octanol–water partition coefficient (Wildman–Crippen LogP) is 3.72. The first-order valence-corrected chi connectivity index (χ1v) is 9.81. The molecule has 1 saturated carbocycles. The third kappa shape index (κ3) is 2.10. The summed E-state index contributed by atoms with van der Waals surface area (Å²) >= 11 is 0. The van der Waals surface area contributed by atoms with Crippen LogP contribution in [0.4, 0.5) is 4.79 Å². The van der Waals surface area contributed by atoms with Gasteiger partial charge >= 0.3 is 6.09 Å². The number of piperidine rings is 2. The molecule has 5 atom stereocenters. The Bertz CT molecular complexity index is 887. The number of phenols is 1. The van der Waals surface area contributed by atoms with Crippen LogP contribution in [0.1, 0.15) is 43.4 Å². The summed E-state index contributed by atoms with van der Waals surface area (Å²) in [4.78, 5) is 15.4. The van der Waals surface area contributed by atoms with Gasteiger partial charge < -0.3 is 9.84 Å². The lowest BCUT2D eigenvalue weighted by Crippen LogP contribution is -2.56. The number of methoxy groups -OCH3 is 1. The Morgan fingerprint density at radius 3 is 2.96 bits per heavy atom. The van der Waals surface area contributed by atoms with Gasteiger partial charge in [0.05, 0.1) is 12.6 Å². The number of nitrogens with zero attached hydrogens (tertiary/aromatic N) is 2. The maximum absolute atomic E-state index is 12.7. The molecule has 1 aromatic heterocycles. The van der Waals surface area contributed by atoms with Crippen LogP contribution < -0.4 is 0 Å². The molecule has 4 heterocycles. The zero-order valence-corrected chi connectivity index (χ0v) is 15.4. The van der Waals surface area contributed by atoms with Crippen molar-refractivity contribution in [3.05, 3.63) is 29.5 Å². The summed E-state index contributed by atoms with van der Waals surface area (Å²) in [6, 6.07) is 5.85. The molecule has 3 fully saturated rings. The molecular weight excluding hydrogens is 328 g/mol. The minimum atomic E-state index is -0.315. The van der Waals surface area contributed by atoms with Gasteiger partial charge in [0.15, 0.2) is 0 Å². The fraction of sp³-hybridized carbons (Fsp3) is 0.571. The molecule has 4 bridgehead atoms. The van der Waals surface area contributed by atoms with Gasteiger partial charge in [-0.2, -0.15) is 0 Å². The molecule has 4 aliphatic rings. The van der Waals surface area contributed by atoms with Crippen LogP contribution in [0.15, 0.2) is 18.2 Å². The number of carbonyl (C=O) groups is 1. The number of rotatable bonds is 1. The van der Waals surface area contributed by atoms with Crippen molar-refractivity contribution < 1.29 is 14.6 Å². The maximum atomic E-state index is 12.7. The number of benzene rings is 1. The lowest BCUT2D eigenvalue weighted by Gasteiger charge is -2.53. The topological polar surface area (TPSA) is 54.7 Å². The van der Waals surface area contributed by atoms with Gasteiger partial charge in [0.1, 0.15) is 5.75 Å². The van der Waals surface area contributed by atoms with E-state index in [1.54, 1.807) is 10.6 Å². The maximum Gasteiger partial charge on any atom is 0.418 e. The van der Waals surface area contributed by atoms with Gasteiger partial charge in [0.2, 0.25) is 0 Å². The molecule has 0 spiro atoms. The fourth-order valence-electron chi connectivity index (χ4n) is 6.13. The van der Waals surface area contributed by atoms with Crippen LogP contribution in [0.5, 0.6) is 5.75 Å². The first-order chi connectivity index (χ1) is 12.6. The molecule has 5 heteroatoms. The fourth-order valence-corrected chi connectivity index (χ4v) is 6.13. The largest absolute Gasteiger partial charge is 0.508 e. The monoisotopic (exact) mass is 354 g/mol. The molecule has 5 nitrogen and oxygen atoms in total. The van der Waals surface area contributed by atoms with E-state index in [2.05, 4.69) is 11.8 Å². The molecular formula is C21H26N2O3. The van der Waals surface area contributed by atoms with E-state index >= 15 is 0 Å². The average Bonchev–Trinajstić information content (AvgIpc) is 2.92. The molecule has 2 aromatic rings. The summed E-state index contributed by atoms with van der Waals surface area (Å²) in [7, 11) is 1.45. The van der Waals surface area contributed by atoms with Crippen molar-refractivity contribution in [3.63, 3.8) is 0 Å². The average molecular weight is 354 g/mol. The van der Waals surface area contributed by atoms with Gasteiger partial charge in [-0.1, -0.05) is 13.3 Å². The van der Waals surface area contributed by atoms with Crippen LogP contribution in [-0.4, -0.2) is 46.9 Å². The molecule has 6 rings (SSSR count). The van der Waals surface area contributed by atoms with E-state index in [-0.39, 0.29) is 11.8 Å². The van der Waals surface area contributed by atoms with E-state index in [1.165, 1.54) is 32.1 Å². The Morgan fingerprint density at radius 1 is 1.35 bits per heavy atom. The summed E-state index contributed by atoms with van der Waals surface area (Å²) in [6.07, 6.45) is 4.29. The van der Waals surface area contributed by atoms with Crippen LogP contribution in [0.2, 0.25) is 0 Å². The van der Waals surface area contributed by atoms with Crippen molar-refractivity contribution in [1.29, 1.82) is 0 Å². The summed E-state index contributed by atoms with van der Waals surface area (Å²) in [5.41, 5.74) is 3.24.